The fraction of sp³-hybridized carbons (Fsp3) is 0.308. The van der Waals surface area contributed by atoms with Crippen molar-refractivity contribution in [3.63, 3.8) is 0 Å². The van der Waals surface area contributed by atoms with Crippen LogP contribution in [0.25, 0.3) is 0 Å². The van der Waals surface area contributed by atoms with E-state index in [1.807, 2.05) is 0 Å². The smallest absolute Gasteiger partial charge is 0.238 e. The number of carbonyl (C=O) groups is 4. The Labute approximate surface area is 201 Å². The van der Waals surface area contributed by atoms with Crippen molar-refractivity contribution in [1.82, 2.24) is 4.90 Å². The van der Waals surface area contributed by atoms with E-state index in [0.717, 1.165) is 4.90 Å². The van der Waals surface area contributed by atoms with Crippen LogP contribution in [-0.2, 0) is 19.2 Å². The van der Waals surface area contributed by atoms with Crippen molar-refractivity contribution in [2.75, 3.05) is 11.9 Å². The first-order valence-electron chi connectivity index (χ1n) is 14.4. The van der Waals surface area contributed by atoms with Gasteiger partial charge in [0, 0.05) is 18.9 Å². The molecule has 7 rings (SSSR count). The van der Waals surface area contributed by atoms with E-state index < -0.39 is 125 Å². The van der Waals surface area contributed by atoms with Crippen LogP contribution < -0.4 is 9.64 Å². The second-order valence-corrected chi connectivity index (χ2v) is 8.62. The van der Waals surface area contributed by atoms with Crippen LogP contribution in [0.3, 0.4) is 0 Å². The molecule has 2 saturated heterocycles. The summed E-state index contributed by atoms with van der Waals surface area (Å²) in [6, 6.07) is -5.17. The molecule has 0 spiro atoms. The van der Waals surface area contributed by atoms with E-state index in [4.69, 9.17) is 15.7 Å². The van der Waals surface area contributed by atoms with Crippen molar-refractivity contribution in [3.05, 3.63) is 66.1 Å². The van der Waals surface area contributed by atoms with Gasteiger partial charge in [0.2, 0.25) is 23.6 Å². The summed E-state index contributed by atoms with van der Waals surface area (Å²) in [6.07, 6.45) is 3.33. The molecule has 2 aliphatic heterocycles. The van der Waals surface area contributed by atoms with E-state index in [0.29, 0.717) is 4.90 Å². The molecule has 1 saturated carbocycles. The fourth-order valence-corrected chi connectivity index (χ4v) is 5.57. The first-order chi connectivity index (χ1) is 19.2. The molecule has 0 aromatic heterocycles. The van der Waals surface area contributed by atoms with Gasteiger partial charge >= 0.3 is 0 Å². The Hall–Kier alpha value is -3.74. The molecular formula is C26H22N2O5. The third-order valence-electron chi connectivity index (χ3n) is 6.97. The van der Waals surface area contributed by atoms with Crippen molar-refractivity contribution in [1.29, 1.82) is 0 Å². The molecule has 166 valence electrons. The zero-order chi connectivity index (χ0) is 30.0. The molecule has 6 unspecified atom stereocenters. The average molecular weight is 451 g/mol. The van der Waals surface area contributed by atoms with Gasteiger partial charge in [-0.05, 0) is 43.2 Å². The Bertz CT molecular complexity index is 1570. The Morgan fingerprint density at radius 3 is 1.61 bits per heavy atom. The summed E-state index contributed by atoms with van der Waals surface area (Å²) in [5.41, 5.74) is -0.558. The van der Waals surface area contributed by atoms with E-state index in [9.17, 15) is 19.2 Å². The highest BCUT2D eigenvalue weighted by molar-refractivity contribution is 6.23. The molecule has 7 heteroatoms. The number of amides is 4. The van der Waals surface area contributed by atoms with Gasteiger partial charge in [0.15, 0.2) is 0 Å². The number of ether oxygens (including phenoxy) is 1. The lowest BCUT2D eigenvalue weighted by atomic mass is 9.54. The molecule has 0 radical (unpaired) electrons. The van der Waals surface area contributed by atoms with Crippen LogP contribution in [0.2, 0.25) is 0 Å². The maximum atomic E-state index is 13.7. The van der Waals surface area contributed by atoms with Crippen LogP contribution in [0, 0.1) is 42.4 Å². The van der Waals surface area contributed by atoms with E-state index >= 15 is 0 Å². The van der Waals surface area contributed by atoms with Crippen molar-refractivity contribution < 1.29 is 34.9 Å². The molecule has 33 heavy (non-hydrogen) atoms. The maximum Gasteiger partial charge on any atom is 0.238 e. The molecule has 2 aromatic carbocycles. The second kappa shape index (κ2) is 6.88. The topological polar surface area (TPSA) is 84.0 Å². The highest BCUT2D eigenvalue weighted by Crippen LogP contribution is 2.58. The number of benzene rings is 2. The Morgan fingerprint density at radius 2 is 1.12 bits per heavy atom. The maximum absolute atomic E-state index is 13.7. The van der Waals surface area contributed by atoms with Gasteiger partial charge in [-0.2, -0.15) is 0 Å². The van der Waals surface area contributed by atoms with Gasteiger partial charge in [-0.25, -0.2) is 0 Å². The standard InChI is InChI=1S/C26H22N2O5/c1-13-3-7-15(8-4-13)33-16-9-5-14(6-10-16)28-25(31)21-17-11-12-18(22(21)26(28)32)20-19(17)23(29)27(2)24(20)30/h3-12,17-22H,1-2H3/i3D,4D,5D,6D,7D,8D,9D,10D. The van der Waals surface area contributed by atoms with E-state index in [-0.39, 0.29) is 5.56 Å². The first kappa shape index (κ1) is 13.1. The van der Waals surface area contributed by atoms with Gasteiger partial charge in [0.05, 0.1) is 40.3 Å². The van der Waals surface area contributed by atoms with Crippen molar-refractivity contribution in [3.8, 4) is 11.5 Å². The molecule has 7 nitrogen and oxygen atoms in total. The molecule has 2 aromatic rings. The number of carbonyl (C=O) groups excluding carboxylic acids is 4. The highest BCUT2D eigenvalue weighted by atomic mass is 16.5. The summed E-state index contributed by atoms with van der Waals surface area (Å²) in [7, 11) is 1.36. The number of imide groups is 2. The zero-order valence-electron chi connectivity index (χ0n) is 25.6. The predicted molar refractivity (Wildman–Crippen MR) is 118 cm³/mol. The molecule has 5 aliphatic rings. The average Bonchev–Trinajstić information content (AvgIpc) is 3.36. The van der Waals surface area contributed by atoms with Gasteiger partial charge in [0.1, 0.15) is 11.5 Å². The lowest BCUT2D eigenvalue weighted by Gasteiger charge is -2.44. The van der Waals surface area contributed by atoms with Crippen LogP contribution >= 0.6 is 0 Å². The lowest BCUT2D eigenvalue weighted by molar-refractivity contribution is -0.138. The van der Waals surface area contributed by atoms with Crippen LogP contribution in [0.1, 0.15) is 16.5 Å². The second-order valence-electron chi connectivity index (χ2n) is 8.62. The summed E-state index contributed by atoms with van der Waals surface area (Å²) in [5.74, 6) is -8.92. The van der Waals surface area contributed by atoms with Crippen LogP contribution in [0.15, 0.2) is 60.5 Å². The molecule has 0 N–H and O–H groups in total. The normalized spacial score (nSPS) is 35.3. The number of rotatable bonds is 3. The predicted octanol–water partition coefficient (Wildman–Crippen LogP) is 2.94. The Kier molecular flexibility index (Phi) is 2.73. The largest absolute Gasteiger partial charge is 0.457 e. The number of allylic oxidation sites excluding steroid dienone is 2. The number of hydrogen-bond donors (Lipinski definition) is 0. The summed E-state index contributed by atoms with van der Waals surface area (Å²) >= 11 is 0. The number of likely N-dealkylation sites (tertiary alicyclic amines) is 1. The van der Waals surface area contributed by atoms with Gasteiger partial charge in [0.25, 0.3) is 0 Å². The molecule has 2 bridgehead atoms. The summed E-state index contributed by atoms with van der Waals surface area (Å²) < 4.78 is 71.9. The number of nitrogens with zero attached hydrogens (tertiary/aromatic N) is 2. The summed E-state index contributed by atoms with van der Waals surface area (Å²) in [6.45, 7) is 1.38. The fourth-order valence-electron chi connectivity index (χ4n) is 5.57. The van der Waals surface area contributed by atoms with Crippen molar-refractivity contribution in [2.24, 2.45) is 35.5 Å². The SMILES string of the molecule is [2H]c1c([2H])c(Oc2c([2H])c([2H])c(N3C(=O)C4C5C=CC(C6C(=O)N(C)C(=O)C56)C4C3=O)c([2H])c2[2H])c([2H])c([2H])c1C. The first-order valence-corrected chi connectivity index (χ1v) is 10.4. The number of hydrogen-bond acceptors (Lipinski definition) is 5. The van der Waals surface area contributed by atoms with E-state index in [1.165, 1.54) is 14.0 Å². The minimum absolute atomic E-state index is 0.0532. The summed E-state index contributed by atoms with van der Waals surface area (Å²) in [4.78, 5) is 54.8. The van der Waals surface area contributed by atoms with Gasteiger partial charge in [-0.1, -0.05) is 29.8 Å². The van der Waals surface area contributed by atoms with Crippen LogP contribution in [0.4, 0.5) is 5.69 Å². The quantitative estimate of drug-likeness (QED) is 0.530. The molecular weight excluding hydrogens is 420 g/mol. The minimum Gasteiger partial charge on any atom is -0.457 e. The monoisotopic (exact) mass is 450 g/mol. The van der Waals surface area contributed by atoms with Gasteiger partial charge < -0.3 is 4.74 Å². The molecule has 4 amide bonds. The van der Waals surface area contributed by atoms with E-state index in [1.54, 1.807) is 12.2 Å². The highest BCUT2D eigenvalue weighted by Gasteiger charge is 2.68. The van der Waals surface area contributed by atoms with Crippen LogP contribution in [-0.4, -0.2) is 35.6 Å². The summed E-state index contributed by atoms with van der Waals surface area (Å²) in [5, 5.41) is 0. The Balaban J connectivity index is 1.43. The lowest BCUT2D eigenvalue weighted by Crippen LogP contribution is -2.50. The van der Waals surface area contributed by atoms with Crippen LogP contribution in [0.5, 0.6) is 11.5 Å². The van der Waals surface area contributed by atoms with Gasteiger partial charge in [-0.3, -0.25) is 29.0 Å². The molecule has 3 aliphatic carbocycles. The molecule has 3 fully saturated rings. The molecule has 2 heterocycles. The third-order valence-corrected chi connectivity index (χ3v) is 6.97. The number of anilines is 1. The van der Waals surface area contributed by atoms with Crippen molar-refractivity contribution in [2.45, 2.75) is 6.92 Å². The Morgan fingerprint density at radius 1 is 0.697 bits per heavy atom. The van der Waals surface area contributed by atoms with Crippen molar-refractivity contribution >= 4 is 29.3 Å². The van der Waals surface area contributed by atoms with Gasteiger partial charge in [-0.15, -0.1) is 0 Å². The third kappa shape index (κ3) is 2.68. The minimum atomic E-state index is -1.02. The van der Waals surface area contributed by atoms with E-state index in [2.05, 4.69) is 0 Å². The molecule has 6 atom stereocenters. The zero-order valence-corrected chi connectivity index (χ0v) is 17.6.